The number of amidine groups is 1. The topological polar surface area (TPSA) is 70.6 Å². The Labute approximate surface area is 102 Å². The molecule has 1 aromatic carbocycles. The van der Waals surface area contributed by atoms with E-state index in [1.165, 1.54) is 0 Å². The van der Waals surface area contributed by atoms with Crippen molar-refractivity contribution in [1.29, 1.82) is 0 Å². The van der Waals surface area contributed by atoms with Crippen molar-refractivity contribution in [3.63, 3.8) is 0 Å². The Morgan fingerprint density at radius 3 is 2.50 bits per heavy atom. The van der Waals surface area contributed by atoms with Crippen LogP contribution in [0.5, 0.6) is 0 Å². The molecule has 100 valence electrons. The molecular weight excluding hydrogens is 247 g/mol. The van der Waals surface area contributed by atoms with Gasteiger partial charge >= 0.3 is 0 Å². The lowest BCUT2D eigenvalue weighted by Gasteiger charge is -2.07. The van der Waals surface area contributed by atoms with Crippen molar-refractivity contribution in [2.24, 2.45) is 10.9 Å². The molecule has 0 amide bonds. The molecule has 0 heterocycles. The zero-order valence-corrected chi connectivity index (χ0v) is 9.59. The zero-order chi connectivity index (χ0) is 13.5. The minimum atomic E-state index is -1.22. The first kappa shape index (κ1) is 14.1. The molecule has 1 aromatic rings. The number of nitrogens with zero attached hydrogens (tertiary/aromatic N) is 1. The summed E-state index contributed by atoms with van der Waals surface area (Å²) in [6.45, 7) is 0.376. The summed E-state index contributed by atoms with van der Waals surface area (Å²) in [4.78, 5) is 0. The number of hydrogen-bond donors (Lipinski definition) is 3. The number of halogens is 3. The van der Waals surface area contributed by atoms with Crippen molar-refractivity contribution in [2.75, 3.05) is 11.9 Å². The summed E-state index contributed by atoms with van der Waals surface area (Å²) in [5.41, 5.74) is 5.17. The second-order valence-corrected chi connectivity index (χ2v) is 3.72. The summed E-state index contributed by atoms with van der Waals surface area (Å²) < 4.78 is 38.7. The van der Waals surface area contributed by atoms with Crippen LogP contribution in [-0.2, 0) is 0 Å². The van der Waals surface area contributed by atoms with Crippen LogP contribution in [0.25, 0.3) is 0 Å². The number of oxime groups is 1. The molecule has 0 bridgehead atoms. The molecule has 0 spiro atoms. The Bertz CT molecular complexity index is 438. The van der Waals surface area contributed by atoms with E-state index in [4.69, 9.17) is 10.9 Å². The quantitative estimate of drug-likeness (QED) is 0.184. The Morgan fingerprint density at radius 2 is 1.83 bits per heavy atom. The normalized spacial score (nSPS) is 11.6. The number of hydrogen-bond acceptors (Lipinski definition) is 3. The van der Waals surface area contributed by atoms with Gasteiger partial charge in [0.25, 0.3) is 0 Å². The lowest BCUT2D eigenvalue weighted by atomic mass is 10.2. The fraction of sp³-hybridized carbons (Fsp3) is 0.364. The molecule has 0 fully saturated rings. The molecule has 0 atom stereocenters. The van der Waals surface area contributed by atoms with Crippen LogP contribution in [0.3, 0.4) is 0 Å². The molecule has 0 radical (unpaired) electrons. The first-order valence-electron chi connectivity index (χ1n) is 5.39. The predicted octanol–water partition coefficient (Wildman–Crippen LogP) is 2.43. The van der Waals surface area contributed by atoms with Gasteiger partial charge in [0, 0.05) is 25.1 Å². The van der Waals surface area contributed by atoms with Gasteiger partial charge in [-0.25, -0.2) is 13.2 Å². The van der Waals surface area contributed by atoms with E-state index in [9.17, 15) is 13.2 Å². The molecular formula is C11H14F3N3O. The number of nitrogens with two attached hydrogens (primary N) is 1. The maximum Gasteiger partial charge on any atom is 0.161 e. The van der Waals surface area contributed by atoms with E-state index < -0.39 is 17.5 Å². The van der Waals surface area contributed by atoms with E-state index in [0.29, 0.717) is 31.9 Å². The SMILES string of the molecule is NC(CCCCNc1cc(F)c(F)cc1F)=NO. The van der Waals surface area contributed by atoms with Gasteiger partial charge in [-0.1, -0.05) is 5.16 Å². The van der Waals surface area contributed by atoms with Gasteiger partial charge in [-0.3, -0.25) is 0 Å². The van der Waals surface area contributed by atoms with E-state index in [2.05, 4.69) is 10.5 Å². The largest absolute Gasteiger partial charge is 0.409 e. The van der Waals surface area contributed by atoms with Gasteiger partial charge in [0.2, 0.25) is 0 Å². The van der Waals surface area contributed by atoms with Crippen molar-refractivity contribution in [3.05, 3.63) is 29.6 Å². The van der Waals surface area contributed by atoms with Gasteiger partial charge in [-0.15, -0.1) is 0 Å². The number of unbranched alkanes of at least 4 members (excludes halogenated alkanes) is 1. The van der Waals surface area contributed by atoms with Crippen LogP contribution in [-0.4, -0.2) is 17.6 Å². The molecule has 18 heavy (non-hydrogen) atoms. The molecule has 4 nitrogen and oxygen atoms in total. The highest BCUT2D eigenvalue weighted by Gasteiger charge is 2.08. The van der Waals surface area contributed by atoms with Gasteiger partial charge in [-0.05, 0) is 12.8 Å². The van der Waals surface area contributed by atoms with Crippen molar-refractivity contribution in [1.82, 2.24) is 0 Å². The Morgan fingerprint density at radius 1 is 1.17 bits per heavy atom. The standard InChI is InChI=1S/C11H14F3N3O/c12-7-5-9(14)10(6-8(7)13)16-4-2-1-3-11(15)17-18/h5-6,16,18H,1-4H2,(H2,15,17). The summed E-state index contributed by atoms with van der Waals surface area (Å²) in [7, 11) is 0. The first-order valence-corrected chi connectivity index (χ1v) is 5.39. The lowest BCUT2D eigenvalue weighted by molar-refractivity contribution is 0.316. The van der Waals surface area contributed by atoms with Gasteiger partial charge in [0.1, 0.15) is 11.7 Å². The highest BCUT2D eigenvalue weighted by atomic mass is 19.2. The second-order valence-electron chi connectivity index (χ2n) is 3.72. The van der Waals surface area contributed by atoms with E-state index in [0.717, 1.165) is 6.07 Å². The van der Waals surface area contributed by atoms with Crippen LogP contribution in [0.1, 0.15) is 19.3 Å². The summed E-state index contributed by atoms with van der Waals surface area (Å²) in [6, 6.07) is 1.27. The second kappa shape index (κ2) is 6.73. The summed E-state index contributed by atoms with van der Waals surface area (Å²) >= 11 is 0. The van der Waals surface area contributed by atoms with Gasteiger partial charge < -0.3 is 16.3 Å². The summed E-state index contributed by atoms with van der Waals surface area (Å²) in [5, 5.41) is 13.7. The Hall–Kier alpha value is -1.92. The van der Waals surface area contributed by atoms with Crippen molar-refractivity contribution in [3.8, 4) is 0 Å². The van der Waals surface area contributed by atoms with Crippen LogP contribution in [0.2, 0.25) is 0 Å². The average molecular weight is 261 g/mol. The molecule has 0 unspecified atom stereocenters. The van der Waals surface area contributed by atoms with Gasteiger partial charge in [0.15, 0.2) is 11.6 Å². The number of anilines is 1. The number of rotatable bonds is 6. The molecule has 7 heteroatoms. The van der Waals surface area contributed by atoms with Crippen molar-refractivity contribution in [2.45, 2.75) is 19.3 Å². The Balaban J connectivity index is 2.38. The maximum atomic E-state index is 13.2. The molecule has 0 aliphatic heterocycles. The molecule has 0 aliphatic rings. The third-order valence-electron chi connectivity index (χ3n) is 2.31. The smallest absolute Gasteiger partial charge is 0.161 e. The molecule has 0 aliphatic carbocycles. The minimum Gasteiger partial charge on any atom is -0.409 e. The predicted molar refractivity (Wildman–Crippen MR) is 62.1 cm³/mol. The van der Waals surface area contributed by atoms with Crippen molar-refractivity contribution < 1.29 is 18.4 Å². The fourth-order valence-electron chi connectivity index (χ4n) is 1.36. The molecule has 1 rings (SSSR count). The molecule has 0 aromatic heterocycles. The third-order valence-corrected chi connectivity index (χ3v) is 2.31. The highest BCUT2D eigenvalue weighted by molar-refractivity contribution is 5.79. The monoisotopic (exact) mass is 261 g/mol. The number of nitrogens with one attached hydrogen (secondary N) is 1. The zero-order valence-electron chi connectivity index (χ0n) is 9.59. The molecule has 0 saturated carbocycles. The fourth-order valence-corrected chi connectivity index (χ4v) is 1.36. The van der Waals surface area contributed by atoms with Crippen molar-refractivity contribution >= 4 is 11.5 Å². The van der Waals surface area contributed by atoms with Crippen LogP contribution < -0.4 is 11.1 Å². The highest BCUT2D eigenvalue weighted by Crippen LogP contribution is 2.18. The first-order chi connectivity index (χ1) is 8.54. The minimum absolute atomic E-state index is 0.0855. The average Bonchev–Trinajstić information content (AvgIpc) is 2.34. The third kappa shape index (κ3) is 4.15. The van der Waals surface area contributed by atoms with E-state index in [-0.39, 0.29) is 11.5 Å². The maximum absolute atomic E-state index is 13.2. The summed E-state index contributed by atoms with van der Waals surface area (Å²) in [5.74, 6) is -3.04. The summed E-state index contributed by atoms with van der Waals surface area (Å²) in [6.07, 6.45) is 1.67. The van der Waals surface area contributed by atoms with E-state index in [1.807, 2.05) is 0 Å². The molecule has 4 N–H and O–H groups in total. The van der Waals surface area contributed by atoms with Gasteiger partial charge in [-0.2, -0.15) is 0 Å². The molecule has 0 saturated heterocycles. The van der Waals surface area contributed by atoms with Crippen LogP contribution in [0.15, 0.2) is 17.3 Å². The van der Waals surface area contributed by atoms with Crippen LogP contribution in [0, 0.1) is 17.5 Å². The van der Waals surface area contributed by atoms with E-state index >= 15 is 0 Å². The van der Waals surface area contributed by atoms with Crippen LogP contribution in [0.4, 0.5) is 18.9 Å². The lowest BCUT2D eigenvalue weighted by Crippen LogP contribution is -2.12. The Kier molecular flexibility index (Phi) is 5.29. The van der Waals surface area contributed by atoms with Crippen LogP contribution >= 0.6 is 0 Å². The van der Waals surface area contributed by atoms with E-state index in [1.54, 1.807) is 0 Å². The number of benzene rings is 1. The van der Waals surface area contributed by atoms with Gasteiger partial charge in [0.05, 0.1) is 5.69 Å².